The van der Waals surface area contributed by atoms with E-state index in [1.807, 2.05) is 28.0 Å². The smallest absolute Gasteiger partial charge is 0.230 e. The Hall–Kier alpha value is -1.55. The number of hydrogen-bond donors (Lipinski definition) is 0. The lowest BCUT2D eigenvalue weighted by Crippen LogP contribution is -2.45. The molecular formula is C17H21ClN2O2. The van der Waals surface area contributed by atoms with E-state index >= 15 is 0 Å². The molecule has 118 valence electrons. The fourth-order valence-corrected chi connectivity index (χ4v) is 3.65. The number of rotatable bonds is 1. The Morgan fingerprint density at radius 1 is 1.18 bits per heavy atom. The quantitative estimate of drug-likeness (QED) is 0.798. The lowest BCUT2D eigenvalue weighted by Gasteiger charge is -2.36. The van der Waals surface area contributed by atoms with Crippen LogP contribution in [0.3, 0.4) is 0 Å². The molecule has 2 heterocycles. The van der Waals surface area contributed by atoms with Gasteiger partial charge in [0.1, 0.15) is 0 Å². The molecule has 1 saturated heterocycles. The number of carbonyl (C=O) groups excluding carboxylic acids is 2. The predicted molar refractivity (Wildman–Crippen MR) is 87.1 cm³/mol. The SMILES string of the molecule is CC(=O)N1CCC(C(=O)N2CCCc3cc(Cl)ccc32)CC1. The molecule has 2 aliphatic rings. The summed E-state index contributed by atoms with van der Waals surface area (Å²) >= 11 is 6.06. The summed E-state index contributed by atoms with van der Waals surface area (Å²) in [7, 11) is 0. The Balaban J connectivity index is 1.73. The van der Waals surface area contributed by atoms with Crippen LogP contribution in [0.4, 0.5) is 5.69 Å². The third-order valence-electron chi connectivity index (χ3n) is 4.72. The van der Waals surface area contributed by atoms with Gasteiger partial charge in [-0.3, -0.25) is 9.59 Å². The van der Waals surface area contributed by atoms with Crippen molar-refractivity contribution in [2.24, 2.45) is 5.92 Å². The molecule has 0 saturated carbocycles. The van der Waals surface area contributed by atoms with Gasteiger partial charge in [-0.05, 0) is 49.4 Å². The van der Waals surface area contributed by atoms with Crippen LogP contribution in [0.2, 0.25) is 5.02 Å². The van der Waals surface area contributed by atoms with Crippen LogP contribution in [0.25, 0.3) is 0 Å². The number of anilines is 1. The van der Waals surface area contributed by atoms with Crippen LogP contribution < -0.4 is 4.90 Å². The van der Waals surface area contributed by atoms with Gasteiger partial charge in [-0.1, -0.05) is 11.6 Å². The predicted octanol–water partition coefficient (Wildman–Crippen LogP) is 2.88. The maximum atomic E-state index is 12.9. The molecule has 0 atom stereocenters. The van der Waals surface area contributed by atoms with Crippen LogP contribution >= 0.6 is 11.6 Å². The molecule has 4 nitrogen and oxygen atoms in total. The van der Waals surface area contributed by atoms with Crippen LogP contribution in [0.5, 0.6) is 0 Å². The number of hydrogen-bond acceptors (Lipinski definition) is 2. The topological polar surface area (TPSA) is 40.6 Å². The molecule has 0 spiro atoms. The number of aryl methyl sites for hydroxylation is 1. The Morgan fingerprint density at radius 2 is 1.91 bits per heavy atom. The van der Waals surface area contributed by atoms with E-state index in [2.05, 4.69) is 0 Å². The molecule has 2 aliphatic heterocycles. The zero-order valence-corrected chi connectivity index (χ0v) is 13.6. The average molecular weight is 321 g/mol. The van der Waals surface area contributed by atoms with E-state index in [0.29, 0.717) is 13.1 Å². The van der Waals surface area contributed by atoms with Crippen molar-refractivity contribution in [3.05, 3.63) is 28.8 Å². The fraction of sp³-hybridized carbons (Fsp3) is 0.529. The van der Waals surface area contributed by atoms with Crippen molar-refractivity contribution in [3.8, 4) is 0 Å². The zero-order valence-electron chi connectivity index (χ0n) is 12.8. The highest BCUT2D eigenvalue weighted by molar-refractivity contribution is 6.30. The summed E-state index contributed by atoms with van der Waals surface area (Å²) < 4.78 is 0. The third kappa shape index (κ3) is 2.98. The largest absolute Gasteiger partial charge is 0.343 e. The van der Waals surface area contributed by atoms with Gasteiger partial charge in [-0.15, -0.1) is 0 Å². The van der Waals surface area contributed by atoms with E-state index in [1.165, 1.54) is 0 Å². The molecule has 0 aliphatic carbocycles. The van der Waals surface area contributed by atoms with Crippen molar-refractivity contribution in [3.63, 3.8) is 0 Å². The van der Waals surface area contributed by atoms with Gasteiger partial charge in [-0.2, -0.15) is 0 Å². The van der Waals surface area contributed by atoms with Gasteiger partial charge in [-0.25, -0.2) is 0 Å². The highest BCUT2D eigenvalue weighted by Gasteiger charge is 2.31. The Kier molecular flexibility index (Phi) is 4.39. The molecule has 1 fully saturated rings. The molecular weight excluding hydrogens is 300 g/mol. The third-order valence-corrected chi connectivity index (χ3v) is 4.95. The fourth-order valence-electron chi connectivity index (χ4n) is 3.46. The summed E-state index contributed by atoms with van der Waals surface area (Å²) in [6, 6.07) is 5.78. The number of carbonyl (C=O) groups is 2. The molecule has 2 amide bonds. The molecule has 22 heavy (non-hydrogen) atoms. The van der Waals surface area contributed by atoms with Gasteiger partial charge in [0.15, 0.2) is 0 Å². The van der Waals surface area contributed by atoms with Crippen LogP contribution in [0, 0.1) is 5.92 Å². The van der Waals surface area contributed by atoms with Gasteiger partial charge in [0.25, 0.3) is 0 Å². The first-order chi connectivity index (χ1) is 10.6. The number of amides is 2. The first-order valence-corrected chi connectivity index (χ1v) is 8.29. The minimum Gasteiger partial charge on any atom is -0.343 e. The second kappa shape index (κ2) is 6.29. The van der Waals surface area contributed by atoms with Crippen LogP contribution in [0.15, 0.2) is 18.2 Å². The van der Waals surface area contributed by atoms with E-state index in [1.54, 1.807) is 6.92 Å². The molecule has 5 heteroatoms. The number of fused-ring (bicyclic) bond motifs is 1. The van der Waals surface area contributed by atoms with E-state index in [0.717, 1.165) is 48.5 Å². The van der Waals surface area contributed by atoms with Crippen molar-refractivity contribution < 1.29 is 9.59 Å². The summed E-state index contributed by atoms with van der Waals surface area (Å²) in [6.07, 6.45) is 3.48. The van der Waals surface area contributed by atoms with Crippen molar-refractivity contribution >= 4 is 29.1 Å². The van der Waals surface area contributed by atoms with Gasteiger partial charge in [0.2, 0.25) is 11.8 Å². The molecule has 3 rings (SSSR count). The monoisotopic (exact) mass is 320 g/mol. The van der Waals surface area contributed by atoms with Gasteiger partial charge in [0, 0.05) is 43.2 Å². The normalized spacial score (nSPS) is 19.0. The standard InChI is InChI=1S/C17H21ClN2O2/c1-12(21)19-9-6-13(7-10-19)17(22)20-8-2-3-14-11-15(18)4-5-16(14)20/h4-5,11,13H,2-3,6-10H2,1H3. The number of benzene rings is 1. The Bertz CT molecular complexity index is 594. The van der Waals surface area contributed by atoms with Crippen molar-refractivity contribution in [1.82, 2.24) is 4.90 Å². The van der Waals surface area contributed by atoms with Crippen molar-refractivity contribution in [2.75, 3.05) is 24.5 Å². The molecule has 1 aromatic rings. The molecule has 0 bridgehead atoms. The lowest BCUT2D eigenvalue weighted by molar-refractivity contribution is -0.133. The Labute approximate surface area is 136 Å². The van der Waals surface area contributed by atoms with Crippen molar-refractivity contribution in [2.45, 2.75) is 32.6 Å². The highest BCUT2D eigenvalue weighted by Crippen LogP contribution is 2.32. The summed E-state index contributed by atoms with van der Waals surface area (Å²) in [4.78, 5) is 28.0. The minimum absolute atomic E-state index is 0.0252. The zero-order chi connectivity index (χ0) is 15.7. The minimum atomic E-state index is 0.0252. The number of piperidine rings is 1. The second-order valence-corrected chi connectivity index (χ2v) is 6.58. The van der Waals surface area contributed by atoms with E-state index < -0.39 is 0 Å². The maximum absolute atomic E-state index is 12.9. The molecule has 0 unspecified atom stereocenters. The van der Waals surface area contributed by atoms with Crippen LogP contribution in [-0.4, -0.2) is 36.3 Å². The molecule has 0 aromatic heterocycles. The molecule has 0 N–H and O–H groups in total. The van der Waals surface area contributed by atoms with E-state index in [4.69, 9.17) is 11.6 Å². The summed E-state index contributed by atoms with van der Waals surface area (Å²) in [5.74, 6) is 0.326. The summed E-state index contributed by atoms with van der Waals surface area (Å²) in [5.41, 5.74) is 2.17. The number of likely N-dealkylation sites (tertiary alicyclic amines) is 1. The number of nitrogens with zero attached hydrogens (tertiary/aromatic N) is 2. The van der Waals surface area contributed by atoms with Gasteiger partial charge >= 0.3 is 0 Å². The van der Waals surface area contributed by atoms with Gasteiger partial charge in [0.05, 0.1) is 0 Å². The average Bonchev–Trinajstić information content (AvgIpc) is 2.53. The summed E-state index contributed by atoms with van der Waals surface area (Å²) in [6.45, 7) is 3.74. The van der Waals surface area contributed by atoms with Crippen LogP contribution in [-0.2, 0) is 16.0 Å². The molecule has 0 radical (unpaired) electrons. The first-order valence-electron chi connectivity index (χ1n) is 7.91. The van der Waals surface area contributed by atoms with Crippen LogP contribution in [0.1, 0.15) is 31.7 Å². The second-order valence-electron chi connectivity index (χ2n) is 6.15. The Morgan fingerprint density at radius 3 is 2.59 bits per heavy atom. The van der Waals surface area contributed by atoms with Gasteiger partial charge < -0.3 is 9.80 Å². The van der Waals surface area contributed by atoms with E-state index in [9.17, 15) is 9.59 Å². The summed E-state index contributed by atoms with van der Waals surface area (Å²) in [5, 5.41) is 0.725. The maximum Gasteiger partial charge on any atom is 0.230 e. The highest BCUT2D eigenvalue weighted by atomic mass is 35.5. The lowest BCUT2D eigenvalue weighted by atomic mass is 9.93. The number of halogens is 1. The molecule has 1 aromatic carbocycles. The van der Waals surface area contributed by atoms with E-state index in [-0.39, 0.29) is 17.7 Å². The van der Waals surface area contributed by atoms with Crippen molar-refractivity contribution in [1.29, 1.82) is 0 Å². The first kappa shape index (κ1) is 15.3.